The van der Waals surface area contributed by atoms with E-state index in [0.29, 0.717) is 17.8 Å². The lowest BCUT2D eigenvalue weighted by Crippen LogP contribution is -2.71. The van der Waals surface area contributed by atoms with E-state index in [1.807, 2.05) is 0 Å². The summed E-state index contributed by atoms with van der Waals surface area (Å²) in [6, 6.07) is 0.492. The lowest BCUT2D eigenvalue weighted by molar-refractivity contribution is -0.765. The first-order chi connectivity index (χ1) is 18.1. The predicted molar refractivity (Wildman–Crippen MR) is 127 cm³/mol. The summed E-state index contributed by atoms with van der Waals surface area (Å²) in [6.45, 7) is -0.755. The van der Waals surface area contributed by atoms with Gasteiger partial charge in [0.25, 0.3) is 11.8 Å². The van der Waals surface area contributed by atoms with Gasteiger partial charge in [-0.1, -0.05) is 5.16 Å². The van der Waals surface area contributed by atoms with Crippen molar-refractivity contribution < 1.29 is 43.7 Å². The SMILES string of the molecule is Cn1c(NC=O)cc[n+]1CC1=C(C(=O)[O-])N2C(=O)[C@@H](NC(=O)C(=NOCC(=O)O)c3nsc(N)n3)[C@H]2SC1. The number of amides is 3. The average Bonchev–Trinajstić information content (AvgIpc) is 3.45. The van der Waals surface area contributed by atoms with E-state index in [2.05, 4.69) is 30.0 Å². The third kappa shape index (κ3) is 5.13. The molecule has 2 aromatic rings. The van der Waals surface area contributed by atoms with E-state index in [1.54, 1.807) is 28.7 Å². The number of nitrogens with zero attached hydrogens (tertiary/aromatic N) is 6. The van der Waals surface area contributed by atoms with Crippen LogP contribution in [0.2, 0.25) is 0 Å². The number of carbonyl (C=O) groups excluding carboxylic acids is 4. The average molecular weight is 566 g/mol. The molecular formula is C19H19N9O8S2. The number of hydrogen-bond donors (Lipinski definition) is 4. The van der Waals surface area contributed by atoms with Gasteiger partial charge < -0.3 is 36.2 Å². The van der Waals surface area contributed by atoms with E-state index in [4.69, 9.17) is 10.8 Å². The van der Waals surface area contributed by atoms with Crippen LogP contribution in [0.15, 0.2) is 28.7 Å². The van der Waals surface area contributed by atoms with Crippen LogP contribution in [0.1, 0.15) is 5.82 Å². The van der Waals surface area contributed by atoms with Crippen molar-refractivity contribution in [3.63, 3.8) is 0 Å². The van der Waals surface area contributed by atoms with Gasteiger partial charge in [-0.3, -0.25) is 19.3 Å². The zero-order chi connectivity index (χ0) is 27.6. The van der Waals surface area contributed by atoms with Crippen molar-refractivity contribution in [3.05, 3.63) is 29.4 Å². The summed E-state index contributed by atoms with van der Waals surface area (Å²) in [5, 5.41) is 28.5. The molecule has 5 N–H and O–H groups in total. The van der Waals surface area contributed by atoms with Crippen LogP contribution in [0.5, 0.6) is 0 Å². The number of rotatable bonds is 11. The largest absolute Gasteiger partial charge is 0.543 e. The van der Waals surface area contributed by atoms with E-state index in [-0.39, 0.29) is 29.0 Å². The van der Waals surface area contributed by atoms with E-state index >= 15 is 0 Å². The Bertz CT molecular complexity index is 1380. The second-order valence-electron chi connectivity index (χ2n) is 7.75. The maximum absolute atomic E-state index is 13.0. The second kappa shape index (κ2) is 10.8. The molecule has 19 heteroatoms. The first-order valence-electron chi connectivity index (χ1n) is 10.6. The number of nitrogens with two attached hydrogens (primary N) is 1. The van der Waals surface area contributed by atoms with Crippen molar-refractivity contribution in [2.45, 2.75) is 18.0 Å². The predicted octanol–water partition coefficient (Wildman–Crippen LogP) is -3.78. The maximum atomic E-state index is 13.0. The number of aromatic nitrogens is 4. The first kappa shape index (κ1) is 26.5. The quantitative estimate of drug-likeness (QED) is 0.0675. The van der Waals surface area contributed by atoms with Crippen LogP contribution in [0.25, 0.3) is 0 Å². The topological polar surface area (TPSA) is 238 Å². The molecule has 3 amide bonds. The number of carboxylic acid groups (broad SMARTS) is 2. The minimum Gasteiger partial charge on any atom is -0.543 e. The summed E-state index contributed by atoms with van der Waals surface area (Å²) in [5.74, 6) is -4.13. The molecule has 0 aromatic carbocycles. The van der Waals surface area contributed by atoms with Gasteiger partial charge in [-0.25, -0.2) is 4.79 Å². The number of nitrogen functional groups attached to an aromatic ring is 1. The molecule has 2 aliphatic rings. The highest BCUT2D eigenvalue weighted by Crippen LogP contribution is 2.40. The molecule has 2 atom stereocenters. The Hall–Kier alpha value is -4.52. The summed E-state index contributed by atoms with van der Waals surface area (Å²) in [5.41, 5.74) is 5.12. The molecule has 4 heterocycles. The number of carbonyl (C=O) groups is 5. The molecule has 0 unspecified atom stereocenters. The molecular weight excluding hydrogens is 546 g/mol. The molecule has 2 aromatic heterocycles. The lowest BCUT2D eigenvalue weighted by atomic mass is 10.0. The molecule has 0 bridgehead atoms. The Balaban J connectivity index is 1.53. The number of anilines is 2. The number of carboxylic acids is 2. The molecule has 200 valence electrons. The van der Waals surface area contributed by atoms with E-state index in [9.17, 15) is 29.1 Å². The standard InChI is InChI=1S/C19H19N9O8S2/c1-26-9(21-7-29)2-3-27(26)4-8-6-37-17-12(16(33)28(17)13(8)18(34)35)22-15(32)11(24-36-5-10(30)31)14-23-19(20)38-25-14/h2-3,7,12,17H,4-6H2,1H3,(H5,20,22,23,25,30,31,32,34,35)/t12-,17-/m1/s1. The number of β-lactam (4-membered cyclic amide) rings is 1. The highest BCUT2D eigenvalue weighted by Gasteiger charge is 2.53. The fourth-order valence-corrected chi connectivity index (χ4v) is 5.50. The Labute approximate surface area is 221 Å². The monoisotopic (exact) mass is 565 g/mol. The highest BCUT2D eigenvalue weighted by atomic mass is 32.2. The Morgan fingerprint density at radius 3 is 2.84 bits per heavy atom. The van der Waals surface area contributed by atoms with Crippen LogP contribution < -0.4 is 26.2 Å². The summed E-state index contributed by atoms with van der Waals surface area (Å²) in [7, 11) is 1.66. The van der Waals surface area contributed by atoms with Crippen LogP contribution in [0.4, 0.5) is 10.9 Å². The van der Waals surface area contributed by atoms with Gasteiger partial charge >= 0.3 is 5.97 Å². The van der Waals surface area contributed by atoms with Crippen LogP contribution in [0, 0.1) is 0 Å². The maximum Gasteiger partial charge on any atom is 0.344 e. The van der Waals surface area contributed by atoms with Gasteiger partial charge in [0, 0.05) is 22.9 Å². The van der Waals surface area contributed by atoms with Crippen molar-refractivity contribution >= 4 is 70.1 Å². The summed E-state index contributed by atoms with van der Waals surface area (Å²) < 4.78 is 7.09. The Morgan fingerprint density at radius 1 is 1.45 bits per heavy atom. The number of nitrogens with one attached hydrogen (secondary N) is 2. The molecule has 1 saturated heterocycles. The first-order valence-corrected chi connectivity index (χ1v) is 12.4. The zero-order valence-corrected chi connectivity index (χ0v) is 21.0. The van der Waals surface area contributed by atoms with Crippen molar-refractivity contribution in [2.75, 3.05) is 23.4 Å². The number of thioether (sulfide) groups is 1. The fraction of sp³-hybridized carbons (Fsp3) is 0.316. The molecule has 2 aliphatic heterocycles. The van der Waals surface area contributed by atoms with Gasteiger partial charge in [0.05, 0.1) is 24.8 Å². The van der Waals surface area contributed by atoms with Crippen LogP contribution in [-0.2, 0) is 42.4 Å². The van der Waals surface area contributed by atoms with E-state index in [1.165, 1.54) is 11.8 Å². The van der Waals surface area contributed by atoms with Crippen molar-refractivity contribution in [1.29, 1.82) is 0 Å². The van der Waals surface area contributed by atoms with Crippen molar-refractivity contribution in [1.82, 2.24) is 24.3 Å². The smallest absolute Gasteiger partial charge is 0.344 e. The normalized spacial score (nSPS) is 18.9. The van der Waals surface area contributed by atoms with Gasteiger partial charge in [-0.15, -0.1) is 21.1 Å². The molecule has 4 rings (SSSR count). The van der Waals surface area contributed by atoms with Gasteiger partial charge in [0.2, 0.25) is 24.6 Å². The summed E-state index contributed by atoms with van der Waals surface area (Å²) in [4.78, 5) is 68.9. The lowest BCUT2D eigenvalue weighted by Gasteiger charge is -2.50. The molecule has 1 fully saturated rings. The fourth-order valence-electron chi connectivity index (χ4n) is 3.73. The van der Waals surface area contributed by atoms with Crippen LogP contribution in [0.3, 0.4) is 0 Å². The Morgan fingerprint density at radius 2 is 2.21 bits per heavy atom. The number of fused-ring (bicyclic) bond motifs is 1. The van der Waals surface area contributed by atoms with Gasteiger partial charge in [0.15, 0.2) is 23.7 Å². The van der Waals surface area contributed by atoms with Crippen LogP contribution >= 0.6 is 23.3 Å². The van der Waals surface area contributed by atoms with Gasteiger partial charge in [0.1, 0.15) is 11.4 Å². The highest BCUT2D eigenvalue weighted by molar-refractivity contribution is 8.00. The minimum atomic E-state index is -1.56. The van der Waals surface area contributed by atoms with E-state index < -0.39 is 47.5 Å². The summed E-state index contributed by atoms with van der Waals surface area (Å²) in [6.07, 6.45) is 2.14. The minimum absolute atomic E-state index is 0.00823. The van der Waals surface area contributed by atoms with E-state index in [0.717, 1.165) is 16.4 Å². The zero-order valence-electron chi connectivity index (χ0n) is 19.4. The third-order valence-corrected chi connectivity index (χ3v) is 7.32. The second-order valence-corrected chi connectivity index (χ2v) is 9.64. The number of aliphatic carboxylic acids is 2. The van der Waals surface area contributed by atoms with Gasteiger partial charge in [-0.05, 0) is 0 Å². The molecule has 0 aliphatic carbocycles. The third-order valence-electron chi connectivity index (χ3n) is 5.44. The number of oxime groups is 1. The molecule has 0 spiro atoms. The molecule has 0 radical (unpaired) electrons. The summed E-state index contributed by atoms with van der Waals surface area (Å²) >= 11 is 1.98. The van der Waals surface area contributed by atoms with Crippen molar-refractivity contribution in [2.24, 2.45) is 12.2 Å². The molecule has 0 saturated carbocycles. The number of hydrogen-bond acceptors (Lipinski definition) is 13. The van der Waals surface area contributed by atoms with Crippen molar-refractivity contribution in [3.8, 4) is 0 Å². The van der Waals surface area contributed by atoms with Crippen LogP contribution in [-0.4, -0.2) is 83.7 Å². The Kier molecular flexibility index (Phi) is 7.57. The molecule has 38 heavy (non-hydrogen) atoms. The molecule has 17 nitrogen and oxygen atoms in total. The van der Waals surface area contributed by atoms with Gasteiger partial charge in [-0.2, -0.15) is 9.36 Å².